The maximum Gasteiger partial charge on any atom is 0.134 e. The third-order valence-electron chi connectivity index (χ3n) is 13.0. The molecule has 64 heavy (non-hydrogen) atoms. The van der Waals surface area contributed by atoms with Crippen LogP contribution in [0.4, 0.5) is 17.1 Å². The van der Waals surface area contributed by atoms with Gasteiger partial charge in [0.25, 0.3) is 0 Å². The van der Waals surface area contributed by atoms with E-state index in [1.807, 2.05) is 11.3 Å². The maximum absolute atomic E-state index is 6.29. The molecule has 0 spiro atoms. The standard InChI is InChI=1S/C60H40N2OS/c1-2-14-45(15-3-1)62-55-21-7-4-18-49(55)52-36-43(26-31-56(52)62)40-12-10-16-47(34-40)61(46-29-24-39(25-30-46)42-28-33-60-54(38-42)51-20-6-9-23-59(51)64-60)48-17-11-13-41(35-48)44-27-32-58-53(37-44)50-19-5-8-22-57(50)63-58/h1-7,9-21,23-38H,8,22H2. The lowest BCUT2D eigenvalue weighted by atomic mass is 9.98. The van der Waals surface area contributed by atoms with E-state index >= 15 is 0 Å². The minimum Gasteiger partial charge on any atom is -0.460 e. The first kappa shape index (κ1) is 36.7. The van der Waals surface area contributed by atoms with Crippen LogP contribution in [0.15, 0.2) is 217 Å². The molecule has 1 aliphatic carbocycles. The Morgan fingerprint density at radius 3 is 1.84 bits per heavy atom. The van der Waals surface area contributed by atoms with Crippen LogP contribution in [-0.4, -0.2) is 4.57 Å². The lowest BCUT2D eigenvalue weighted by molar-refractivity contribution is 0.546. The fraction of sp³-hybridized carbons (Fsp3) is 0.0333. The molecule has 4 heteroatoms. The summed E-state index contributed by atoms with van der Waals surface area (Å²) in [4.78, 5) is 2.40. The molecule has 9 aromatic carbocycles. The minimum absolute atomic E-state index is 0.947. The molecule has 0 aliphatic heterocycles. The van der Waals surface area contributed by atoms with Gasteiger partial charge in [-0.05, 0) is 137 Å². The van der Waals surface area contributed by atoms with Crippen LogP contribution in [0, 0.1) is 0 Å². The molecule has 3 nitrogen and oxygen atoms in total. The molecule has 3 aromatic heterocycles. The molecule has 0 atom stereocenters. The monoisotopic (exact) mass is 836 g/mol. The number of allylic oxidation sites excluding steroid dienone is 1. The van der Waals surface area contributed by atoms with Crippen molar-refractivity contribution >= 4 is 87.4 Å². The zero-order valence-corrected chi connectivity index (χ0v) is 35.7. The van der Waals surface area contributed by atoms with E-state index in [2.05, 4.69) is 228 Å². The molecule has 0 bridgehead atoms. The highest BCUT2D eigenvalue weighted by atomic mass is 32.1. The predicted molar refractivity (Wildman–Crippen MR) is 272 cm³/mol. The molecule has 1 aliphatic rings. The van der Waals surface area contributed by atoms with Gasteiger partial charge in [-0.3, -0.25) is 0 Å². The van der Waals surface area contributed by atoms with Crippen LogP contribution in [0.1, 0.15) is 17.7 Å². The lowest BCUT2D eigenvalue weighted by Crippen LogP contribution is -2.10. The van der Waals surface area contributed by atoms with E-state index in [1.54, 1.807) is 0 Å². The number of para-hydroxylation sites is 2. The van der Waals surface area contributed by atoms with Gasteiger partial charge < -0.3 is 13.9 Å². The summed E-state index contributed by atoms with van der Waals surface area (Å²) in [7, 11) is 0. The number of aryl methyl sites for hydroxylation is 1. The van der Waals surface area contributed by atoms with E-state index in [-0.39, 0.29) is 0 Å². The zero-order chi connectivity index (χ0) is 42.1. The van der Waals surface area contributed by atoms with Gasteiger partial charge in [-0.1, -0.05) is 121 Å². The molecule has 0 saturated carbocycles. The third-order valence-corrected chi connectivity index (χ3v) is 14.2. The number of hydrogen-bond donors (Lipinski definition) is 0. The summed E-state index contributed by atoms with van der Waals surface area (Å²) in [5.74, 6) is 1.09. The Balaban J connectivity index is 0.931. The number of furan rings is 1. The van der Waals surface area contributed by atoms with Crippen LogP contribution in [0.5, 0.6) is 0 Å². The Labute approximate surface area is 375 Å². The highest BCUT2D eigenvalue weighted by molar-refractivity contribution is 7.25. The Morgan fingerprint density at radius 1 is 0.422 bits per heavy atom. The first-order valence-electron chi connectivity index (χ1n) is 22.0. The fourth-order valence-electron chi connectivity index (χ4n) is 9.94. The van der Waals surface area contributed by atoms with Gasteiger partial charge in [-0.25, -0.2) is 0 Å². The third kappa shape index (κ3) is 6.10. The van der Waals surface area contributed by atoms with Crippen molar-refractivity contribution in [3.8, 4) is 39.1 Å². The van der Waals surface area contributed by atoms with Gasteiger partial charge in [-0.15, -0.1) is 11.3 Å². The largest absolute Gasteiger partial charge is 0.460 e. The average Bonchev–Trinajstić information content (AvgIpc) is 4.04. The highest BCUT2D eigenvalue weighted by Gasteiger charge is 2.19. The van der Waals surface area contributed by atoms with Crippen LogP contribution in [0.3, 0.4) is 0 Å². The van der Waals surface area contributed by atoms with Crippen LogP contribution >= 0.6 is 11.3 Å². The van der Waals surface area contributed by atoms with Crippen molar-refractivity contribution in [2.45, 2.75) is 12.8 Å². The van der Waals surface area contributed by atoms with E-state index in [0.29, 0.717) is 0 Å². The summed E-state index contributed by atoms with van der Waals surface area (Å²) >= 11 is 1.86. The Hall–Kier alpha value is -7.92. The first-order valence-corrected chi connectivity index (χ1v) is 22.9. The predicted octanol–water partition coefficient (Wildman–Crippen LogP) is 17.3. The summed E-state index contributed by atoms with van der Waals surface area (Å²) in [5.41, 5.74) is 16.1. The average molecular weight is 837 g/mol. The fourth-order valence-corrected chi connectivity index (χ4v) is 11.0. The van der Waals surface area contributed by atoms with Crippen LogP contribution in [0.25, 0.3) is 98.1 Å². The SMILES string of the molecule is C1=Cc2c(oc3ccc(-c4cccc(N(c5ccc(-c6ccc7sc8ccccc8c7c6)cc5)c5cccc(-c6ccc7c(c6)c6ccccc6n7-c6ccccc6)c5)c4)cc23)CC1. The van der Waals surface area contributed by atoms with Gasteiger partial charge in [0.1, 0.15) is 11.3 Å². The molecule has 0 saturated heterocycles. The summed E-state index contributed by atoms with van der Waals surface area (Å²) in [5, 5.41) is 6.28. The second kappa shape index (κ2) is 14.9. The lowest BCUT2D eigenvalue weighted by Gasteiger charge is -2.27. The number of thiophene rings is 1. The summed E-state index contributed by atoms with van der Waals surface area (Å²) in [6.45, 7) is 0. The van der Waals surface area contributed by atoms with Gasteiger partial charge in [-0.2, -0.15) is 0 Å². The molecule has 0 fully saturated rings. The van der Waals surface area contributed by atoms with Gasteiger partial charge in [0.2, 0.25) is 0 Å². The second-order valence-electron chi connectivity index (χ2n) is 16.8. The number of fused-ring (bicyclic) bond motifs is 9. The second-order valence-corrected chi connectivity index (χ2v) is 17.9. The number of hydrogen-bond acceptors (Lipinski definition) is 3. The Morgan fingerprint density at radius 2 is 1.03 bits per heavy atom. The van der Waals surface area contributed by atoms with Crippen LogP contribution < -0.4 is 4.90 Å². The number of rotatable bonds is 7. The normalized spacial score (nSPS) is 12.5. The smallest absolute Gasteiger partial charge is 0.134 e. The molecule has 0 N–H and O–H groups in total. The molecular formula is C60H40N2OS. The number of benzene rings is 9. The number of anilines is 3. The van der Waals surface area contributed by atoms with Gasteiger partial charge >= 0.3 is 0 Å². The van der Waals surface area contributed by atoms with E-state index in [0.717, 1.165) is 58.1 Å². The molecule has 0 radical (unpaired) electrons. The quantitative estimate of drug-likeness (QED) is 0.159. The van der Waals surface area contributed by atoms with E-state index in [1.165, 1.54) is 75.2 Å². The van der Waals surface area contributed by atoms with Crippen molar-refractivity contribution in [1.82, 2.24) is 4.57 Å². The van der Waals surface area contributed by atoms with Crippen molar-refractivity contribution in [3.63, 3.8) is 0 Å². The van der Waals surface area contributed by atoms with Gasteiger partial charge in [0.15, 0.2) is 0 Å². The van der Waals surface area contributed by atoms with Crippen molar-refractivity contribution in [3.05, 3.63) is 224 Å². The maximum atomic E-state index is 6.29. The molecule has 0 amide bonds. The Kier molecular flexibility index (Phi) is 8.53. The molecular weight excluding hydrogens is 797 g/mol. The Bertz CT molecular complexity index is 3790. The van der Waals surface area contributed by atoms with Crippen molar-refractivity contribution < 1.29 is 4.42 Å². The molecule has 3 heterocycles. The number of aromatic nitrogens is 1. The van der Waals surface area contributed by atoms with E-state index in [9.17, 15) is 0 Å². The summed E-state index contributed by atoms with van der Waals surface area (Å²) < 4.78 is 11.3. The van der Waals surface area contributed by atoms with Crippen molar-refractivity contribution in [1.29, 1.82) is 0 Å². The van der Waals surface area contributed by atoms with Crippen LogP contribution in [0.2, 0.25) is 0 Å². The van der Waals surface area contributed by atoms with Crippen molar-refractivity contribution in [2.75, 3.05) is 4.90 Å². The molecule has 302 valence electrons. The molecule has 12 aromatic rings. The molecule has 0 unspecified atom stereocenters. The summed E-state index contributed by atoms with van der Waals surface area (Å²) in [6.07, 6.45) is 6.45. The molecule has 13 rings (SSSR count). The van der Waals surface area contributed by atoms with Crippen molar-refractivity contribution in [2.24, 2.45) is 0 Å². The van der Waals surface area contributed by atoms with Crippen LogP contribution in [-0.2, 0) is 6.42 Å². The number of nitrogens with zero attached hydrogens (tertiary/aromatic N) is 2. The van der Waals surface area contributed by atoms with Gasteiger partial charge in [0, 0.05) is 71.1 Å². The topological polar surface area (TPSA) is 21.3 Å². The van der Waals surface area contributed by atoms with E-state index in [4.69, 9.17) is 4.42 Å². The van der Waals surface area contributed by atoms with Gasteiger partial charge in [0.05, 0.1) is 11.0 Å². The summed E-state index contributed by atoms with van der Waals surface area (Å²) in [6, 6.07) is 75.6. The minimum atomic E-state index is 0.947. The highest BCUT2D eigenvalue weighted by Crippen LogP contribution is 2.42. The zero-order valence-electron chi connectivity index (χ0n) is 34.9. The first-order chi connectivity index (χ1) is 31.7. The van der Waals surface area contributed by atoms with E-state index < -0.39 is 0 Å².